The average Bonchev–Trinajstić information content (AvgIpc) is 2.39. The van der Waals surface area contributed by atoms with Crippen molar-refractivity contribution >= 4 is 21.6 Å². The SMILES string of the molecule is CC1CCCC(CO)(Nc2cc(Br)ccc2C#N)C1. The molecule has 0 radical (unpaired) electrons. The maximum atomic E-state index is 9.80. The van der Waals surface area contributed by atoms with Gasteiger partial charge in [0.2, 0.25) is 0 Å². The minimum absolute atomic E-state index is 0.106. The number of halogens is 1. The molecular formula is C15H19BrN2O. The Morgan fingerprint density at radius 1 is 1.58 bits per heavy atom. The van der Waals surface area contributed by atoms with Crippen molar-refractivity contribution in [3.63, 3.8) is 0 Å². The smallest absolute Gasteiger partial charge is 0.101 e. The van der Waals surface area contributed by atoms with Crippen molar-refractivity contribution < 1.29 is 5.11 Å². The molecule has 1 aliphatic rings. The molecule has 19 heavy (non-hydrogen) atoms. The maximum absolute atomic E-state index is 9.80. The van der Waals surface area contributed by atoms with Crippen molar-refractivity contribution in [3.05, 3.63) is 28.2 Å². The highest BCUT2D eigenvalue weighted by Gasteiger charge is 2.34. The lowest BCUT2D eigenvalue weighted by molar-refractivity contribution is 0.149. The molecule has 4 heteroatoms. The molecule has 2 unspecified atom stereocenters. The number of rotatable bonds is 3. The zero-order valence-corrected chi connectivity index (χ0v) is 12.7. The van der Waals surface area contributed by atoms with E-state index in [0.29, 0.717) is 11.5 Å². The lowest BCUT2D eigenvalue weighted by Gasteiger charge is -2.40. The third-order valence-corrected chi connectivity index (χ3v) is 4.39. The van der Waals surface area contributed by atoms with E-state index in [1.54, 1.807) is 6.07 Å². The van der Waals surface area contributed by atoms with Gasteiger partial charge >= 0.3 is 0 Å². The van der Waals surface area contributed by atoms with E-state index < -0.39 is 0 Å². The second-order valence-electron chi connectivity index (χ2n) is 5.57. The predicted octanol–water partition coefficient (Wildman–Crippen LogP) is 3.67. The summed E-state index contributed by atoms with van der Waals surface area (Å²) in [6, 6.07) is 7.77. The van der Waals surface area contributed by atoms with Gasteiger partial charge in [-0.15, -0.1) is 0 Å². The van der Waals surface area contributed by atoms with Crippen molar-refractivity contribution in [3.8, 4) is 6.07 Å². The molecule has 1 fully saturated rings. The number of nitrogens with one attached hydrogen (secondary N) is 1. The van der Waals surface area contributed by atoms with Crippen LogP contribution < -0.4 is 5.32 Å². The number of nitrogens with zero attached hydrogens (tertiary/aromatic N) is 1. The van der Waals surface area contributed by atoms with E-state index in [1.807, 2.05) is 12.1 Å². The van der Waals surface area contributed by atoms with Crippen LogP contribution in [0.1, 0.15) is 38.2 Å². The van der Waals surface area contributed by atoms with Gasteiger partial charge in [-0.2, -0.15) is 5.26 Å². The fraction of sp³-hybridized carbons (Fsp3) is 0.533. The summed E-state index contributed by atoms with van der Waals surface area (Å²) in [5, 5.41) is 22.4. The van der Waals surface area contributed by atoms with E-state index in [2.05, 4.69) is 34.2 Å². The lowest BCUT2D eigenvalue weighted by Crippen LogP contribution is -2.46. The van der Waals surface area contributed by atoms with Gasteiger partial charge < -0.3 is 10.4 Å². The summed E-state index contributed by atoms with van der Waals surface area (Å²) in [5.74, 6) is 0.603. The summed E-state index contributed by atoms with van der Waals surface area (Å²) in [5.41, 5.74) is 1.14. The van der Waals surface area contributed by atoms with Gasteiger partial charge in [0.15, 0.2) is 0 Å². The summed E-state index contributed by atoms with van der Waals surface area (Å²) in [7, 11) is 0. The monoisotopic (exact) mass is 322 g/mol. The van der Waals surface area contributed by atoms with Gasteiger partial charge in [-0.25, -0.2) is 0 Å². The fourth-order valence-corrected chi connectivity index (χ4v) is 3.32. The van der Waals surface area contributed by atoms with Gasteiger partial charge in [0.1, 0.15) is 6.07 Å². The Morgan fingerprint density at radius 3 is 3.00 bits per heavy atom. The second kappa shape index (κ2) is 5.94. The van der Waals surface area contributed by atoms with Crippen molar-refractivity contribution in [2.45, 2.75) is 38.1 Å². The van der Waals surface area contributed by atoms with E-state index in [4.69, 9.17) is 0 Å². The van der Waals surface area contributed by atoms with E-state index in [1.165, 1.54) is 6.42 Å². The molecule has 0 spiro atoms. The Balaban J connectivity index is 2.28. The first kappa shape index (κ1) is 14.4. The number of nitriles is 1. The van der Waals surface area contributed by atoms with Gasteiger partial charge in [0, 0.05) is 4.47 Å². The molecular weight excluding hydrogens is 304 g/mol. The largest absolute Gasteiger partial charge is 0.394 e. The number of hydrogen-bond donors (Lipinski definition) is 2. The van der Waals surface area contributed by atoms with Crippen LogP contribution in [-0.4, -0.2) is 17.3 Å². The molecule has 1 saturated carbocycles. The molecule has 2 atom stereocenters. The standard InChI is InChI=1S/C15H19BrN2O/c1-11-3-2-6-15(8-11,10-19)18-14-7-13(16)5-4-12(14)9-17/h4-5,7,11,18-19H,2-3,6,8,10H2,1H3. The molecule has 1 aromatic rings. The molecule has 3 nitrogen and oxygen atoms in total. The quantitative estimate of drug-likeness (QED) is 0.892. The van der Waals surface area contributed by atoms with Crippen LogP contribution in [0.15, 0.2) is 22.7 Å². The summed E-state index contributed by atoms with van der Waals surface area (Å²) in [4.78, 5) is 0. The highest BCUT2D eigenvalue weighted by Crippen LogP contribution is 2.36. The topological polar surface area (TPSA) is 56.0 Å². The number of aliphatic hydroxyl groups excluding tert-OH is 1. The number of hydrogen-bond acceptors (Lipinski definition) is 3. The third-order valence-electron chi connectivity index (χ3n) is 3.90. The predicted molar refractivity (Wildman–Crippen MR) is 79.9 cm³/mol. The van der Waals surface area contributed by atoms with Gasteiger partial charge in [0.25, 0.3) is 0 Å². The molecule has 0 aromatic heterocycles. The Morgan fingerprint density at radius 2 is 2.37 bits per heavy atom. The molecule has 0 saturated heterocycles. The van der Waals surface area contributed by atoms with Crippen LogP contribution in [0.2, 0.25) is 0 Å². The molecule has 0 aliphatic heterocycles. The molecule has 1 aromatic carbocycles. The molecule has 1 aliphatic carbocycles. The lowest BCUT2D eigenvalue weighted by atomic mass is 9.76. The second-order valence-corrected chi connectivity index (χ2v) is 6.48. The van der Waals surface area contributed by atoms with E-state index in [0.717, 1.165) is 29.4 Å². The van der Waals surface area contributed by atoms with Gasteiger partial charge in [0.05, 0.1) is 23.4 Å². The third kappa shape index (κ3) is 3.29. The summed E-state index contributed by atoms with van der Waals surface area (Å²) < 4.78 is 0.936. The molecule has 2 rings (SSSR count). The summed E-state index contributed by atoms with van der Waals surface area (Å²) in [6.07, 6.45) is 4.23. The van der Waals surface area contributed by atoms with E-state index in [-0.39, 0.29) is 12.1 Å². The average molecular weight is 323 g/mol. The number of aliphatic hydroxyl groups is 1. The minimum atomic E-state index is -0.288. The molecule has 0 heterocycles. The van der Waals surface area contributed by atoms with Crippen LogP contribution >= 0.6 is 15.9 Å². The number of anilines is 1. The Hall–Kier alpha value is -1.05. The first-order chi connectivity index (χ1) is 9.08. The number of benzene rings is 1. The molecule has 102 valence electrons. The van der Waals surface area contributed by atoms with E-state index in [9.17, 15) is 10.4 Å². The van der Waals surface area contributed by atoms with Crippen molar-refractivity contribution in [2.75, 3.05) is 11.9 Å². The Labute approximate surface area is 122 Å². The van der Waals surface area contributed by atoms with Crippen LogP contribution in [0.3, 0.4) is 0 Å². The normalized spacial score (nSPS) is 26.7. The van der Waals surface area contributed by atoms with Gasteiger partial charge in [-0.1, -0.05) is 35.7 Å². The van der Waals surface area contributed by atoms with Crippen molar-refractivity contribution in [1.82, 2.24) is 0 Å². The van der Waals surface area contributed by atoms with E-state index >= 15 is 0 Å². The highest BCUT2D eigenvalue weighted by molar-refractivity contribution is 9.10. The zero-order chi connectivity index (χ0) is 13.9. The van der Waals surface area contributed by atoms with Crippen LogP contribution in [0.4, 0.5) is 5.69 Å². The first-order valence-electron chi connectivity index (χ1n) is 6.67. The fourth-order valence-electron chi connectivity index (χ4n) is 2.96. The summed E-state index contributed by atoms with van der Waals surface area (Å²) >= 11 is 3.43. The Bertz CT molecular complexity index is 497. The van der Waals surface area contributed by atoms with Crippen molar-refractivity contribution in [1.29, 1.82) is 5.26 Å². The van der Waals surface area contributed by atoms with Crippen LogP contribution in [-0.2, 0) is 0 Å². The molecule has 0 amide bonds. The van der Waals surface area contributed by atoms with Crippen molar-refractivity contribution in [2.24, 2.45) is 5.92 Å². The van der Waals surface area contributed by atoms with Crippen LogP contribution in [0.25, 0.3) is 0 Å². The summed E-state index contributed by atoms with van der Waals surface area (Å²) in [6.45, 7) is 2.33. The van der Waals surface area contributed by atoms with Gasteiger partial charge in [-0.3, -0.25) is 0 Å². The zero-order valence-electron chi connectivity index (χ0n) is 11.1. The first-order valence-corrected chi connectivity index (χ1v) is 7.46. The molecule has 0 bridgehead atoms. The highest BCUT2D eigenvalue weighted by atomic mass is 79.9. The van der Waals surface area contributed by atoms with Crippen LogP contribution in [0, 0.1) is 17.2 Å². The van der Waals surface area contributed by atoms with Crippen LogP contribution in [0.5, 0.6) is 0 Å². The Kier molecular flexibility index (Phi) is 4.49. The molecule has 2 N–H and O–H groups in total. The maximum Gasteiger partial charge on any atom is 0.101 e. The van der Waals surface area contributed by atoms with Gasteiger partial charge in [-0.05, 0) is 37.0 Å². The minimum Gasteiger partial charge on any atom is -0.394 e.